The van der Waals surface area contributed by atoms with Crippen LogP contribution >= 0.6 is 12.2 Å². The van der Waals surface area contributed by atoms with Crippen LogP contribution in [0.4, 0.5) is 10.1 Å². The van der Waals surface area contributed by atoms with Crippen molar-refractivity contribution in [3.63, 3.8) is 0 Å². The SMILES string of the molecule is Cc1ccc([C@H](C)NC(=S)Nc2ccc(F)cc2)cc1C. The number of rotatable bonds is 3. The highest BCUT2D eigenvalue weighted by Gasteiger charge is 2.08. The van der Waals surface area contributed by atoms with Gasteiger partial charge in [0.2, 0.25) is 0 Å². The summed E-state index contributed by atoms with van der Waals surface area (Å²) in [6.45, 7) is 6.25. The van der Waals surface area contributed by atoms with Crippen molar-refractivity contribution in [2.45, 2.75) is 26.8 Å². The number of halogens is 1. The highest BCUT2D eigenvalue weighted by molar-refractivity contribution is 7.80. The molecule has 0 unspecified atom stereocenters. The lowest BCUT2D eigenvalue weighted by atomic mass is 10.0. The van der Waals surface area contributed by atoms with Crippen molar-refractivity contribution in [2.75, 3.05) is 5.32 Å². The first kappa shape index (κ1) is 15.4. The van der Waals surface area contributed by atoms with E-state index >= 15 is 0 Å². The van der Waals surface area contributed by atoms with Gasteiger partial charge in [-0.25, -0.2) is 4.39 Å². The molecule has 2 rings (SSSR count). The van der Waals surface area contributed by atoms with E-state index in [4.69, 9.17) is 12.2 Å². The molecule has 0 aliphatic rings. The predicted octanol–water partition coefficient (Wildman–Crippen LogP) is 4.49. The van der Waals surface area contributed by atoms with E-state index in [0.717, 1.165) is 5.69 Å². The first-order valence-electron chi connectivity index (χ1n) is 6.86. The van der Waals surface area contributed by atoms with Crippen molar-refractivity contribution in [1.82, 2.24) is 5.32 Å². The summed E-state index contributed by atoms with van der Waals surface area (Å²) < 4.78 is 12.8. The molecule has 0 heterocycles. The van der Waals surface area contributed by atoms with E-state index in [9.17, 15) is 4.39 Å². The summed E-state index contributed by atoms with van der Waals surface area (Å²) in [6.07, 6.45) is 0. The average molecular weight is 302 g/mol. The van der Waals surface area contributed by atoms with Crippen molar-refractivity contribution in [1.29, 1.82) is 0 Å². The summed E-state index contributed by atoms with van der Waals surface area (Å²) in [5, 5.41) is 6.80. The number of thiocarbonyl (C=S) groups is 1. The number of nitrogens with one attached hydrogen (secondary N) is 2. The molecule has 0 bridgehead atoms. The second kappa shape index (κ2) is 6.68. The molecule has 21 heavy (non-hydrogen) atoms. The third-order valence-corrected chi connectivity index (χ3v) is 3.70. The highest BCUT2D eigenvalue weighted by atomic mass is 32.1. The number of anilines is 1. The van der Waals surface area contributed by atoms with Gasteiger partial charge in [-0.2, -0.15) is 0 Å². The quantitative estimate of drug-likeness (QED) is 0.817. The van der Waals surface area contributed by atoms with Crippen LogP contribution < -0.4 is 10.6 Å². The maximum absolute atomic E-state index is 12.8. The summed E-state index contributed by atoms with van der Waals surface area (Å²) in [6, 6.07) is 12.6. The predicted molar refractivity (Wildman–Crippen MR) is 90.1 cm³/mol. The minimum Gasteiger partial charge on any atom is -0.356 e. The molecule has 0 aromatic heterocycles. The Balaban J connectivity index is 1.98. The second-order valence-electron chi connectivity index (χ2n) is 5.17. The lowest BCUT2D eigenvalue weighted by Gasteiger charge is -2.18. The van der Waals surface area contributed by atoms with Crippen molar-refractivity contribution < 1.29 is 4.39 Å². The molecule has 0 fully saturated rings. The van der Waals surface area contributed by atoms with Crippen LogP contribution in [0.1, 0.15) is 29.7 Å². The zero-order chi connectivity index (χ0) is 15.4. The Morgan fingerprint density at radius 1 is 1.05 bits per heavy atom. The fourth-order valence-corrected chi connectivity index (χ4v) is 2.31. The molecule has 2 nitrogen and oxygen atoms in total. The molecule has 110 valence electrons. The molecule has 0 radical (unpaired) electrons. The topological polar surface area (TPSA) is 24.1 Å². The van der Waals surface area contributed by atoms with Crippen LogP contribution in [0.25, 0.3) is 0 Å². The molecule has 0 amide bonds. The van der Waals surface area contributed by atoms with Gasteiger partial charge in [-0.3, -0.25) is 0 Å². The largest absolute Gasteiger partial charge is 0.356 e. The molecule has 2 aromatic rings. The molecule has 2 N–H and O–H groups in total. The Labute approximate surface area is 130 Å². The van der Waals surface area contributed by atoms with Crippen LogP contribution in [0.5, 0.6) is 0 Å². The van der Waals surface area contributed by atoms with Gasteiger partial charge in [0.15, 0.2) is 5.11 Å². The minimum absolute atomic E-state index is 0.102. The van der Waals surface area contributed by atoms with E-state index in [1.165, 1.54) is 28.8 Å². The molecule has 2 aromatic carbocycles. The molecule has 0 aliphatic carbocycles. The number of hydrogen-bond donors (Lipinski definition) is 2. The van der Waals surface area contributed by atoms with Gasteiger partial charge in [-0.1, -0.05) is 18.2 Å². The molecule has 1 atom stereocenters. The molecule has 0 aliphatic heterocycles. The van der Waals surface area contributed by atoms with Gasteiger partial charge in [0, 0.05) is 5.69 Å². The zero-order valence-electron chi connectivity index (χ0n) is 12.4. The van der Waals surface area contributed by atoms with Crippen LogP contribution in [-0.4, -0.2) is 5.11 Å². The van der Waals surface area contributed by atoms with Crippen molar-refractivity contribution >= 4 is 23.0 Å². The van der Waals surface area contributed by atoms with Crippen LogP contribution in [0.3, 0.4) is 0 Å². The number of benzene rings is 2. The minimum atomic E-state index is -0.261. The van der Waals surface area contributed by atoms with E-state index in [1.54, 1.807) is 12.1 Å². The molecule has 0 spiro atoms. The normalized spacial score (nSPS) is 11.8. The molecular weight excluding hydrogens is 283 g/mol. The average Bonchev–Trinajstić information content (AvgIpc) is 2.44. The molecule has 0 saturated heterocycles. The number of aryl methyl sites for hydroxylation is 2. The Bertz CT molecular complexity index is 638. The number of hydrogen-bond acceptors (Lipinski definition) is 1. The molecule has 0 saturated carbocycles. The Hall–Kier alpha value is -1.94. The lowest BCUT2D eigenvalue weighted by Crippen LogP contribution is -2.30. The Kier molecular flexibility index (Phi) is 4.91. The van der Waals surface area contributed by atoms with E-state index < -0.39 is 0 Å². The summed E-state index contributed by atoms with van der Waals surface area (Å²) in [5.74, 6) is -0.261. The third-order valence-electron chi connectivity index (χ3n) is 3.48. The fourth-order valence-electron chi connectivity index (χ4n) is 2.01. The standard InChI is InChI=1S/C17H19FN2S/c1-11-4-5-14(10-12(11)2)13(3)19-17(21)20-16-8-6-15(18)7-9-16/h4-10,13H,1-3H3,(H2,19,20,21)/t13-/m0/s1. The van der Waals surface area contributed by atoms with Crippen LogP contribution in [0.15, 0.2) is 42.5 Å². The van der Waals surface area contributed by atoms with E-state index in [2.05, 4.69) is 49.6 Å². The fraction of sp³-hybridized carbons (Fsp3) is 0.235. The van der Waals surface area contributed by atoms with Crippen molar-refractivity contribution in [3.8, 4) is 0 Å². The van der Waals surface area contributed by atoms with Crippen molar-refractivity contribution in [2.24, 2.45) is 0 Å². The van der Waals surface area contributed by atoms with Gasteiger partial charge in [-0.15, -0.1) is 0 Å². The summed E-state index contributed by atoms with van der Waals surface area (Å²) in [5.41, 5.74) is 4.49. The maximum Gasteiger partial charge on any atom is 0.171 e. The van der Waals surface area contributed by atoms with Crippen LogP contribution in [0, 0.1) is 19.7 Å². The van der Waals surface area contributed by atoms with Crippen LogP contribution in [0.2, 0.25) is 0 Å². The van der Waals surface area contributed by atoms with E-state index in [-0.39, 0.29) is 11.9 Å². The van der Waals surface area contributed by atoms with Gasteiger partial charge in [-0.05, 0) is 73.9 Å². The van der Waals surface area contributed by atoms with Gasteiger partial charge < -0.3 is 10.6 Å². The smallest absolute Gasteiger partial charge is 0.171 e. The monoisotopic (exact) mass is 302 g/mol. The first-order chi connectivity index (χ1) is 9.95. The summed E-state index contributed by atoms with van der Waals surface area (Å²) >= 11 is 5.29. The molecule has 4 heteroatoms. The highest BCUT2D eigenvalue weighted by Crippen LogP contribution is 2.17. The summed E-state index contributed by atoms with van der Waals surface area (Å²) in [7, 11) is 0. The molecular formula is C17H19FN2S. The van der Waals surface area contributed by atoms with Gasteiger partial charge in [0.05, 0.1) is 6.04 Å². The Morgan fingerprint density at radius 2 is 1.71 bits per heavy atom. The third kappa shape index (κ3) is 4.26. The summed E-state index contributed by atoms with van der Waals surface area (Å²) in [4.78, 5) is 0. The van der Waals surface area contributed by atoms with E-state index in [1.807, 2.05) is 0 Å². The van der Waals surface area contributed by atoms with Gasteiger partial charge in [0.1, 0.15) is 5.82 Å². The first-order valence-corrected chi connectivity index (χ1v) is 7.27. The Morgan fingerprint density at radius 3 is 2.33 bits per heavy atom. The lowest BCUT2D eigenvalue weighted by molar-refractivity contribution is 0.628. The second-order valence-corrected chi connectivity index (χ2v) is 5.58. The van der Waals surface area contributed by atoms with E-state index in [0.29, 0.717) is 5.11 Å². The van der Waals surface area contributed by atoms with Gasteiger partial charge in [0.25, 0.3) is 0 Å². The zero-order valence-corrected chi connectivity index (χ0v) is 13.2. The van der Waals surface area contributed by atoms with Crippen LogP contribution in [-0.2, 0) is 0 Å². The maximum atomic E-state index is 12.8. The van der Waals surface area contributed by atoms with Crippen molar-refractivity contribution in [3.05, 3.63) is 65.0 Å². The van der Waals surface area contributed by atoms with Gasteiger partial charge >= 0.3 is 0 Å².